The molecule has 0 spiro atoms. The molecule has 7 heteroatoms. The molecule has 0 aromatic carbocycles. The average molecular weight is 358 g/mol. The molecule has 0 aromatic heterocycles. The number of ketones is 1. The van der Waals surface area contributed by atoms with Crippen LogP contribution >= 0.6 is 0 Å². The van der Waals surface area contributed by atoms with Crippen molar-refractivity contribution in [2.24, 2.45) is 0 Å². The zero-order chi connectivity index (χ0) is 18.0. The molecule has 0 atom stereocenters. The normalized spacial score (nSPS) is 8.45. The number of hydrogen-bond donors (Lipinski definition) is 3. The van der Waals surface area contributed by atoms with Gasteiger partial charge in [0.05, 0.1) is 6.61 Å². The summed E-state index contributed by atoms with van der Waals surface area (Å²) in [6, 6.07) is 0. The summed E-state index contributed by atoms with van der Waals surface area (Å²) in [5.41, 5.74) is 0. The van der Waals surface area contributed by atoms with E-state index in [9.17, 15) is 9.59 Å². The average Bonchev–Trinajstić information content (AvgIpc) is 2.12. The Morgan fingerprint density at radius 1 is 0.864 bits per heavy atom. The summed E-state index contributed by atoms with van der Waals surface area (Å²) in [6.45, 7) is 13.7. The zero-order valence-electron chi connectivity index (χ0n) is 15.2. The molecule has 22 heavy (non-hydrogen) atoms. The Balaban J connectivity index is -0.0000000632. The van der Waals surface area contributed by atoms with E-state index in [0.717, 1.165) is 0 Å². The van der Waals surface area contributed by atoms with Crippen LogP contribution in [-0.2, 0) is 36.0 Å². The molecule has 134 valence electrons. The fourth-order valence-corrected chi connectivity index (χ4v) is 0.415. The molecule has 6 nitrogen and oxygen atoms in total. The van der Waals surface area contributed by atoms with E-state index in [1.54, 1.807) is 48.5 Å². The van der Waals surface area contributed by atoms with Crippen molar-refractivity contribution in [2.45, 2.75) is 80.1 Å². The summed E-state index contributed by atoms with van der Waals surface area (Å²) in [5, 5.41) is 24.2. The third-order valence-corrected chi connectivity index (χ3v) is 0.699. The van der Waals surface area contributed by atoms with Gasteiger partial charge in [0.2, 0.25) is 0 Å². The Hall–Kier alpha value is -0.266. The Bertz CT molecular complexity index is 208. The minimum absolute atomic E-state index is 0. The molecule has 0 aromatic rings. The molecule has 0 amide bonds. The summed E-state index contributed by atoms with van der Waals surface area (Å²) in [5.74, 6) is -0.599. The van der Waals surface area contributed by atoms with Gasteiger partial charge in [0.25, 0.3) is 0 Å². The van der Waals surface area contributed by atoms with Crippen LogP contribution in [0.5, 0.6) is 0 Å². The standard InChI is InChI=1S/C6H10O3.3C3H8O.Ti/c1-3-9-6(8)4-5(2)7;3*1-3(2)4;/h3-4H2,1-2H3;3*3-4H,1-2H3;. The van der Waals surface area contributed by atoms with Gasteiger partial charge in [0, 0.05) is 40.0 Å². The minimum Gasteiger partial charge on any atom is -0.466 e. The molecule has 0 radical (unpaired) electrons. The van der Waals surface area contributed by atoms with E-state index in [2.05, 4.69) is 4.74 Å². The predicted octanol–water partition coefficient (Wildman–Crippen LogP) is 1.69. The van der Waals surface area contributed by atoms with Crippen LogP contribution in [0.4, 0.5) is 0 Å². The summed E-state index contributed by atoms with van der Waals surface area (Å²) >= 11 is 0. The van der Waals surface area contributed by atoms with Crippen LogP contribution < -0.4 is 0 Å². The number of rotatable bonds is 3. The number of aliphatic hydroxyl groups excluding tert-OH is 3. The van der Waals surface area contributed by atoms with E-state index in [-0.39, 0.29) is 52.2 Å². The second kappa shape index (κ2) is 25.7. The molecule has 0 saturated heterocycles. The molecule has 0 unspecified atom stereocenters. The van der Waals surface area contributed by atoms with Crippen LogP contribution in [0.3, 0.4) is 0 Å². The molecule has 0 bridgehead atoms. The van der Waals surface area contributed by atoms with Crippen molar-refractivity contribution in [1.82, 2.24) is 0 Å². The third kappa shape index (κ3) is 153. The van der Waals surface area contributed by atoms with Crippen molar-refractivity contribution < 1.29 is 51.4 Å². The van der Waals surface area contributed by atoms with E-state index < -0.39 is 5.97 Å². The second-order valence-corrected chi connectivity index (χ2v) is 4.97. The van der Waals surface area contributed by atoms with Gasteiger partial charge in [-0.05, 0) is 55.4 Å². The second-order valence-electron chi connectivity index (χ2n) is 4.97. The van der Waals surface area contributed by atoms with Crippen LogP contribution in [-0.4, -0.2) is 52.0 Å². The van der Waals surface area contributed by atoms with Crippen LogP contribution in [0, 0.1) is 0 Å². The van der Waals surface area contributed by atoms with Gasteiger partial charge in [-0.3, -0.25) is 9.59 Å². The van der Waals surface area contributed by atoms with Gasteiger partial charge in [-0.2, -0.15) is 0 Å². The number of aliphatic hydroxyl groups is 3. The number of Topliss-reactive ketones (excluding diaryl/α,β-unsaturated/α-hetero) is 1. The third-order valence-electron chi connectivity index (χ3n) is 0.699. The summed E-state index contributed by atoms with van der Waals surface area (Å²) in [7, 11) is 0. The van der Waals surface area contributed by atoms with Crippen LogP contribution in [0.1, 0.15) is 61.8 Å². The van der Waals surface area contributed by atoms with Crippen LogP contribution in [0.2, 0.25) is 0 Å². The fourth-order valence-electron chi connectivity index (χ4n) is 0.415. The van der Waals surface area contributed by atoms with Gasteiger partial charge in [-0.25, -0.2) is 0 Å². The summed E-state index contributed by atoms with van der Waals surface area (Å²) < 4.78 is 4.49. The maximum atomic E-state index is 10.4. The quantitative estimate of drug-likeness (QED) is 0.403. The Kier molecular flexibility index (Phi) is 38.9. The van der Waals surface area contributed by atoms with E-state index >= 15 is 0 Å². The first-order chi connectivity index (χ1) is 9.36. The topological polar surface area (TPSA) is 104 Å². The van der Waals surface area contributed by atoms with E-state index in [1.807, 2.05) is 0 Å². The van der Waals surface area contributed by atoms with Crippen molar-refractivity contribution in [3.63, 3.8) is 0 Å². The number of ether oxygens (including phenoxy) is 1. The van der Waals surface area contributed by atoms with Crippen molar-refractivity contribution >= 4 is 11.8 Å². The first-order valence-corrected chi connectivity index (χ1v) is 7.05. The monoisotopic (exact) mass is 358 g/mol. The molecule has 0 saturated carbocycles. The van der Waals surface area contributed by atoms with Crippen LogP contribution in [0.25, 0.3) is 0 Å². The zero-order valence-corrected chi connectivity index (χ0v) is 16.8. The van der Waals surface area contributed by atoms with Crippen molar-refractivity contribution in [3.8, 4) is 0 Å². The van der Waals surface area contributed by atoms with Gasteiger partial charge in [0.1, 0.15) is 12.2 Å². The predicted molar refractivity (Wildman–Crippen MR) is 84.0 cm³/mol. The molecule has 0 fully saturated rings. The van der Waals surface area contributed by atoms with Gasteiger partial charge in [-0.15, -0.1) is 0 Å². The first kappa shape index (κ1) is 33.4. The maximum absolute atomic E-state index is 10.4. The molecular weight excluding hydrogens is 324 g/mol. The molecule has 0 aliphatic carbocycles. The number of carbonyl (C=O) groups is 2. The molecule has 0 heterocycles. The smallest absolute Gasteiger partial charge is 0.313 e. The van der Waals surface area contributed by atoms with Gasteiger partial charge in [0.15, 0.2) is 0 Å². The first-order valence-electron chi connectivity index (χ1n) is 7.05. The van der Waals surface area contributed by atoms with E-state index in [0.29, 0.717) is 6.61 Å². The van der Waals surface area contributed by atoms with Gasteiger partial charge in [-0.1, -0.05) is 0 Å². The molecule has 3 N–H and O–H groups in total. The SMILES string of the molecule is CC(C)O.CC(C)O.CC(C)O.CCOC(=O)CC(C)=O.[Ti]. The van der Waals surface area contributed by atoms with Crippen molar-refractivity contribution in [3.05, 3.63) is 0 Å². The van der Waals surface area contributed by atoms with E-state index in [4.69, 9.17) is 15.3 Å². The van der Waals surface area contributed by atoms with Crippen LogP contribution in [0.15, 0.2) is 0 Å². The fraction of sp³-hybridized carbons (Fsp3) is 0.867. The molecule has 0 rings (SSSR count). The Morgan fingerprint density at radius 2 is 1.09 bits per heavy atom. The minimum atomic E-state index is -0.440. The molecule has 0 aliphatic heterocycles. The number of esters is 1. The maximum Gasteiger partial charge on any atom is 0.313 e. The molecule has 0 aliphatic rings. The van der Waals surface area contributed by atoms with Crippen molar-refractivity contribution in [1.29, 1.82) is 0 Å². The number of carbonyl (C=O) groups excluding carboxylic acids is 2. The molecular formula is C15H34O6Ti. The largest absolute Gasteiger partial charge is 0.466 e. The van der Waals surface area contributed by atoms with E-state index in [1.165, 1.54) is 6.92 Å². The summed E-state index contributed by atoms with van der Waals surface area (Å²) in [6.07, 6.45) is -0.603. The Morgan fingerprint density at radius 3 is 1.23 bits per heavy atom. The summed E-state index contributed by atoms with van der Waals surface area (Å²) in [4.78, 5) is 20.6. The van der Waals surface area contributed by atoms with Crippen molar-refractivity contribution in [2.75, 3.05) is 6.61 Å². The Labute approximate surface area is 150 Å². The number of hydrogen-bond acceptors (Lipinski definition) is 6. The van der Waals surface area contributed by atoms with Gasteiger partial charge < -0.3 is 20.1 Å². The van der Waals surface area contributed by atoms with Gasteiger partial charge >= 0.3 is 5.97 Å².